The molecule has 1 amide bonds. The number of carbonyl (C=O) groups is 1. The van der Waals surface area contributed by atoms with E-state index in [1.165, 1.54) is 0 Å². The lowest BCUT2D eigenvalue weighted by Gasteiger charge is -2.35. The Labute approximate surface area is 118 Å². The molecule has 2 aliphatic rings. The Morgan fingerprint density at radius 1 is 1.45 bits per heavy atom. The number of nitrogen functional groups attached to an aromatic ring is 1. The maximum Gasteiger partial charge on any atom is 0.276 e. The van der Waals surface area contributed by atoms with Crippen LogP contribution < -0.4 is 5.73 Å². The number of nitrogens with zero attached hydrogens (tertiary/aromatic N) is 2. The number of anilines is 1. The number of carbonyl (C=O) groups excluding carboxylic acids is 1. The summed E-state index contributed by atoms with van der Waals surface area (Å²) in [5, 5.41) is 7.08. The first-order chi connectivity index (χ1) is 9.61. The van der Waals surface area contributed by atoms with Gasteiger partial charge in [-0.2, -0.15) is 5.10 Å². The molecule has 1 saturated heterocycles. The molecule has 2 fully saturated rings. The molecule has 1 saturated carbocycles. The second-order valence-electron chi connectivity index (χ2n) is 5.97. The van der Waals surface area contributed by atoms with Crippen LogP contribution in [-0.4, -0.2) is 47.3 Å². The molecule has 3 N–H and O–H groups in total. The monoisotopic (exact) mass is 278 g/mol. The van der Waals surface area contributed by atoms with Gasteiger partial charge in [0.1, 0.15) is 0 Å². The molecule has 0 aromatic carbocycles. The van der Waals surface area contributed by atoms with Crippen LogP contribution in [0.15, 0.2) is 0 Å². The first-order valence-electron chi connectivity index (χ1n) is 7.27. The third-order valence-electron chi connectivity index (χ3n) is 4.50. The number of hydrogen-bond acceptors (Lipinski definition) is 4. The predicted octanol–water partition coefficient (Wildman–Crippen LogP) is 1.37. The number of likely N-dealkylation sites (tertiary alicyclic amines) is 1. The van der Waals surface area contributed by atoms with Crippen LogP contribution in [0, 0.1) is 5.92 Å². The summed E-state index contributed by atoms with van der Waals surface area (Å²) in [4.78, 5) is 14.4. The zero-order valence-electron chi connectivity index (χ0n) is 12.1. The highest BCUT2D eigenvalue weighted by molar-refractivity contribution is 5.97. The SMILES string of the molecule is COC1CN(C(=O)c2n[nH]c(C3CC3)c2N)CCC1C. The van der Waals surface area contributed by atoms with Gasteiger partial charge in [0.25, 0.3) is 5.91 Å². The van der Waals surface area contributed by atoms with Crippen LogP contribution in [0.3, 0.4) is 0 Å². The van der Waals surface area contributed by atoms with Crippen molar-refractivity contribution < 1.29 is 9.53 Å². The van der Waals surface area contributed by atoms with Crippen LogP contribution in [0.25, 0.3) is 0 Å². The fourth-order valence-electron chi connectivity index (χ4n) is 2.89. The van der Waals surface area contributed by atoms with Crippen molar-refractivity contribution in [2.24, 2.45) is 5.92 Å². The van der Waals surface area contributed by atoms with Crippen molar-refractivity contribution in [3.8, 4) is 0 Å². The second kappa shape index (κ2) is 5.09. The molecule has 3 rings (SSSR count). The van der Waals surface area contributed by atoms with Crippen molar-refractivity contribution in [2.45, 2.75) is 38.2 Å². The van der Waals surface area contributed by atoms with Gasteiger partial charge in [-0.25, -0.2) is 0 Å². The fraction of sp³-hybridized carbons (Fsp3) is 0.714. The summed E-state index contributed by atoms with van der Waals surface area (Å²) in [6.07, 6.45) is 3.31. The third-order valence-corrected chi connectivity index (χ3v) is 4.50. The summed E-state index contributed by atoms with van der Waals surface area (Å²) in [5.74, 6) is 0.861. The van der Waals surface area contributed by atoms with Crippen LogP contribution in [0.5, 0.6) is 0 Å². The van der Waals surface area contributed by atoms with Crippen molar-refractivity contribution in [1.29, 1.82) is 0 Å². The van der Waals surface area contributed by atoms with Crippen LogP contribution in [-0.2, 0) is 4.74 Å². The molecule has 2 unspecified atom stereocenters. The largest absolute Gasteiger partial charge is 0.395 e. The Morgan fingerprint density at radius 3 is 2.85 bits per heavy atom. The smallest absolute Gasteiger partial charge is 0.276 e. The molecule has 1 aromatic heterocycles. The molecule has 1 aromatic rings. The lowest BCUT2D eigenvalue weighted by molar-refractivity contribution is -0.00173. The topological polar surface area (TPSA) is 84.2 Å². The summed E-state index contributed by atoms with van der Waals surface area (Å²) in [6.45, 7) is 3.51. The zero-order chi connectivity index (χ0) is 14.3. The number of nitrogens with one attached hydrogen (secondary N) is 1. The average Bonchev–Trinajstić information content (AvgIpc) is 3.22. The van der Waals surface area contributed by atoms with Crippen LogP contribution in [0.1, 0.15) is 48.3 Å². The van der Waals surface area contributed by atoms with E-state index in [0.29, 0.717) is 29.8 Å². The van der Waals surface area contributed by atoms with Crippen LogP contribution in [0.4, 0.5) is 5.69 Å². The highest BCUT2D eigenvalue weighted by Gasteiger charge is 2.34. The minimum absolute atomic E-state index is 0.0837. The Kier molecular flexibility index (Phi) is 3.41. The summed E-state index contributed by atoms with van der Waals surface area (Å²) < 4.78 is 5.45. The van der Waals surface area contributed by atoms with Gasteiger partial charge in [-0.3, -0.25) is 9.89 Å². The number of aromatic amines is 1. The van der Waals surface area contributed by atoms with E-state index in [-0.39, 0.29) is 12.0 Å². The molecule has 20 heavy (non-hydrogen) atoms. The number of amides is 1. The summed E-state index contributed by atoms with van der Waals surface area (Å²) in [5.41, 5.74) is 7.91. The first kappa shape index (κ1) is 13.4. The van der Waals surface area contributed by atoms with Gasteiger partial charge in [0, 0.05) is 26.1 Å². The molecule has 0 radical (unpaired) electrons. The first-order valence-corrected chi connectivity index (χ1v) is 7.27. The molecule has 0 spiro atoms. The van der Waals surface area contributed by atoms with Crippen molar-refractivity contribution in [2.75, 3.05) is 25.9 Å². The number of ether oxygens (including phenoxy) is 1. The van der Waals surface area contributed by atoms with E-state index in [0.717, 1.165) is 31.5 Å². The van der Waals surface area contributed by atoms with Gasteiger partial charge in [-0.15, -0.1) is 0 Å². The highest BCUT2D eigenvalue weighted by atomic mass is 16.5. The normalized spacial score (nSPS) is 26.8. The van der Waals surface area contributed by atoms with Gasteiger partial charge in [-0.05, 0) is 25.2 Å². The molecular formula is C14H22N4O2. The van der Waals surface area contributed by atoms with E-state index in [4.69, 9.17) is 10.5 Å². The number of piperidine rings is 1. The van der Waals surface area contributed by atoms with Gasteiger partial charge < -0.3 is 15.4 Å². The van der Waals surface area contributed by atoms with E-state index >= 15 is 0 Å². The van der Waals surface area contributed by atoms with Crippen LogP contribution >= 0.6 is 0 Å². The van der Waals surface area contributed by atoms with E-state index in [1.54, 1.807) is 12.0 Å². The van der Waals surface area contributed by atoms with Gasteiger partial charge in [0.2, 0.25) is 0 Å². The molecule has 2 heterocycles. The number of aromatic nitrogens is 2. The minimum Gasteiger partial charge on any atom is -0.395 e. The molecule has 0 bridgehead atoms. The number of nitrogens with two attached hydrogens (primary N) is 1. The predicted molar refractivity (Wildman–Crippen MR) is 75.5 cm³/mol. The average molecular weight is 278 g/mol. The maximum atomic E-state index is 12.6. The summed E-state index contributed by atoms with van der Waals surface area (Å²) >= 11 is 0. The Bertz CT molecular complexity index is 509. The molecule has 6 nitrogen and oxygen atoms in total. The summed E-state index contributed by atoms with van der Waals surface area (Å²) in [7, 11) is 1.70. The lowest BCUT2D eigenvalue weighted by atomic mass is 9.95. The molecule has 6 heteroatoms. The van der Waals surface area contributed by atoms with Crippen molar-refractivity contribution in [3.63, 3.8) is 0 Å². The maximum absolute atomic E-state index is 12.6. The van der Waals surface area contributed by atoms with E-state index in [1.807, 2.05) is 0 Å². The summed E-state index contributed by atoms with van der Waals surface area (Å²) in [6, 6.07) is 0. The van der Waals surface area contributed by atoms with Gasteiger partial charge in [0.15, 0.2) is 5.69 Å². The number of rotatable bonds is 3. The number of methoxy groups -OCH3 is 1. The Hall–Kier alpha value is -1.56. The number of H-pyrrole nitrogens is 1. The lowest BCUT2D eigenvalue weighted by Crippen LogP contribution is -2.46. The standard InChI is InChI=1S/C14H22N4O2/c1-8-5-6-18(7-10(8)20-2)14(19)13-11(15)12(16-17-13)9-3-4-9/h8-10H,3-7,15H2,1-2H3,(H,16,17). The quantitative estimate of drug-likeness (QED) is 0.874. The zero-order valence-corrected chi connectivity index (χ0v) is 12.1. The fourth-order valence-corrected chi connectivity index (χ4v) is 2.89. The van der Waals surface area contributed by atoms with Gasteiger partial charge >= 0.3 is 0 Å². The van der Waals surface area contributed by atoms with Crippen molar-refractivity contribution >= 4 is 11.6 Å². The molecule has 1 aliphatic heterocycles. The highest BCUT2D eigenvalue weighted by Crippen LogP contribution is 2.42. The Morgan fingerprint density at radius 2 is 2.20 bits per heavy atom. The minimum atomic E-state index is -0.0837. The molecule has 2 atom stereocenters. The van der Waals surface area contributed by atoms with E-state index in [9.17, 15) is 4.79 Å². The van der Waals surface area contributed by atoms with Crippen LogP contribution in [0.2, 0.25) is 0 Å². The molecule has 110 valence electrons. The van der Waals surface area contributed by atoms with Crippen molar-refractivity contribution in [1.82, 2.24) is 15.1 Å². The number of hydrogen-bond donors (Lipinski definition) is 2. The van der Waals surface area contributed by atoms with E-state index < -0.39 is 0 Å². The van der Waals surface area contributed by atoms with Gasteiger partial charge in [0.05, 0.1) is 17.5 Å². The second-order valence-corrected chi connectivity index (χ2v) is 5.97. The van der Waals surface area contributed by atoms with Crippen molar-refractivity contribution in [3.05, 3.63) is 11.4 Å². The molecular weight excluding hydrogens is 256 g/mol. The van der Waals surface area contributed by atoms with Gasteiger partial charge in [-0.1, -0.05) is 6.92 Å². The van der Waals surface area contributed by atoms with E-state index in [2.05, 4.69) is 17.1 Å². The molecule has 1 aliphatic carbocycles. The Balaban J connectivity index is 1.75. The third kappa shape index (κ3) is 2.28.